The van der Waals surface area contributed by atoms with Crippen LogP contribution in [0.4, 0.5) is 0 Å². The first kappa shape index (κ1) is 18.1. The molecule has 3 heterocycles. The van der Waals surface area contributed by atoms with Gasteiger partial charge in [-0.25, -0.2) is 15.0 Å². The molecule has 0 radical (unpaired) electrons. The van der Waals surface area contributed by atoms with Gasteiger partial charge in [0.1, 0.15) is 11.6 Å². The van der Waals surface area contributed by atoms with Gasteiger partial charge in [-0.3, -0.25) is 4.90 Å². The molecule has 0 bridgehead atoms. The number of H-pyrrole nitrogens is 1. The Labute approximate surface area is 164 Å². The molecule has 3 aromatic rings. The molecule has 4 rings (SSSR count). The van der Waals surface area contributed by atoms with Crippen LogP contribution in [0.2, 0.25) is 5.15 Å². The SMILES string of the molecule is CC(C)(C)c1ncc2c(n1)CCN(Cc1[nH]c(-c3ccccc3)nc1Cl)C2. The van der Waals surface area contributed by atoms with Gasteiger partial charge in [0, 0.05) is 54.5 Å². The monoisotopic (exact) mass is 381 g/mol. The van der Waals surface area contributed by atoms with Gasteiger partial charge in [0.25, 0.3) is 0 Å². The highest BCUT2D eigenvalue weighted by Crippen LogP contribution is 2.26. The van der Waals surface area contributed by atoms with Crippen molar-refractivity contribution < 1.29 is 0 Å². The molecule has 0 aliphatic carbocycles. The topological polar surface area (TPSA) is 57.7 Å². The van der Waals surface area contributed by atoms with E-state index in [9.17, 15) is 0 Å². The van der Waals surface area contributed by atoms with Crippen LogP contribution in [0.3, 0.4) is 0 Å². The number of aromatic nitrogens is 4. The fourth-order valence-electron chi connectivity index (χ4n) is 3.32. The van der Waals surface area contributed by atoms with Crippen LogP contribution in [0.25, 0.3) is 11.4 Å². The van der Waals surface area contributed by atoms with Gasteiger partial charge in [-0.1, -0.05) is 62.7 Å². The first-order chi connectivity index (χ1) is 12.9. The Morgan fingerprint density at radius 2 is 1.93 bits per heavy atom. The maximum atomic E-state index is 6.39. The van der Waals surface area contributed by atoms with Crippen LogP contribution in [-0.4, -0.2) is 31.4 Å². The zero-order chi connectivity index (χ0) is 19.0. The third-order valence-electron chi connectivity index (χ3n) is 4.84. The highest BCUT2D eigenvalue weighted by Gasteiger charge is 2.23. The van der Waals surface area contributed by atoms with Crippen molar-refractivity contribution in [3.05, 3.63) is 64.5 Å². The predicted octanol–water partition coefficient (Wildman–Crippen LogP) is 4.38. The van der Waals surface area contributed by atoms with E-state index in [0.717, 1.165) is 49.0 Å². The van der Waals surface area contributed by atoms with Gasteiger partial charge in [0.15, 0.2) is 5.15 Å². The zero-order valence-corrected chi connectivity index (χ0v) is 16.7. The highest BCUT2D eigenvalue weighted by atomic mass is 35.5. The quantitative estimate of drug-likeness (QED) is 0.731. The molecule has 1 aromatic carbocycles. The Balaban J connectivity index is 1.50. The molecule has 0 amide bonds. The average Bonchev–Trinajstić information content (AvgIpc) is 3.02. The summed E-state index contributed by atoms with van der Waals surface area (Å²) in [6.45, 7) is 8.95. The minimum Gasteiger partial charge on any atom is -0.339 e. The molecule has 0 saturated heterocycles. The van der Waals surface area contributed by atoms with E-state index in [2.05, 4.69) is 40.6 Å². The maximum Gasteiger partial charge on any atom is 0.152 e. The molecular formula is C21H24ClN5. The number of aromatic amines is 1. The Morgan fingerprint density at radius 1 is 1.15 bits per heavy atom. The molecule has 0 fully saturated rings. The number of nitrogens with one attached hydrogen (secondary N) is 1. The summed E-state index contributed by atoms with van der Waals surface area (Å²) < 4.78 is 0. The second-order valence-electron chi connectivity index (χ2n) is 8.10. The summed E-state index contributed by atoms with van der Waals surface area (Å²) in [5.74, 6) is 1.73. The number of nitrogens with zero attached hydrogens (tertiary/aromatic N) is 4. The van der Waals surface area contributed by atoms with Gasteiger partial charge in [0.05, 0.1) is 5.69 Å². The third-order valence-corrected chi connectivity index (χ3v) is 5.15. The maximum absolute atomic E-state index is 6.39. The second-order valence-corrected chi connectivity index (χ2v) is 8.46. The molecule has 0 unspecified atom stereocenters. The van der Waals surface area contributed by atoms with Crippen LogP contribution in [0, 0.1) is 0 Å². The molecule has 2 aromatic heterocycles. The standard InChI is InChI=1S/C21H24ClN5/c1-21(2,3)20-23-11-15-12-27(10-9-16(15)25-20)13-17-18(22)26-19(24-17)14-7-5-4-6-8-14/h4-8,11H,9-10,12-13H2,1-3H3,(H,24,26). The van der Waals surface area contributed by atoms with Crippen molar-refractivity contribution in [2.24, 2.45) is 0 Å². The van der Waals surface area contributed by atoms with Crippen molar-refractivity contribution in [3.8, 4) is 11.4 Å². The Kier molecular flexibility index (Phi) is 4.74. The minimum absolute atomic E-state index is 0.0244. The number of imidazole rings is 1. The number of fused-ring (bicyclic) bond motifs is 1. The van der Waals surface area contributed by atoms with E-state index in [0.29, 0.717) is 5.15 Å². The van der Waals surface area contributed by atoms with Gasteiger partial charge in [-0.2, -0.15) is 0 Å². The first-order valence-corrected chi connectivity index (χ1v) is 9.65. The molecule has 27 heavy (non-hydrogen) atoms. The fourth-order valence-corrected chi connectivity index (χ4v) is 3.51. The lowest BCUT2D eigenvalue weighted by atomic mass is 9.95. The molecule has 1 N–H and O–H groups in total. The van der Waals surface area contributed by atoms with Gasteiger partial charge in [-0.05, 0) is 0 Å². The predicted molar refractivity (Wildman–Crippen MR) is 108 cm³/mol. The molecular weight excluding hydrogens is 358 g/mol. The second kappa shape index (κ2) is 7.06. The van der Waals surface area contributed by atoms with Gasteiger partial charge in [-0.15, -0.1) is 0 Å². The summed E-state index contributed by atoms with van der Waals surface area (Å²) in [6.07, 6.45) is 2.91. The number of rotatable bonds is 3. The molecule has 1 aliphatic heterocycles. The fraction of sp³-hybridized carbons (Fsp3) is 0.381. The number of hydrogen-bond donors (Lipinski definition) is 1. The lowest BCUT2D eigenvalue weighted by Gasteiger charge is -2.28. The van der Waals surface area contributed by atoms with E-state index in [4.69, 9.17) is 16.6 Å². The summed E-state index contributed by atoms with van der Waals surface area (Å²) in [6, 6.07) is 10.0. The number of hydrogen-bond acceptors (Lipinski definition) is 4. The molecule has 0 spiro atoms. The summed E-state index contributed by atoms with van der Waals surface area (Å²) in [7, 11) is 0. The summed E-state index contributed by atoms with van der Waals surface area (Å²) in [5, 5.41) is 0.541. The molecule has 0 saturated carbocycles. The number of benzene rings is 1. The van der Waals surface area contributed by atoms with Crippen molar-refractivity contribution in [2.45, 2.75) is 45.7 Å². The van der Waals surface area contributed by atoms with Crippen molar-refractivity contribution in [1.82, 2.24) is 24.8 Å². The Bertz CT molecular complexity index is 943. The van der Waals surface area contributed by atoms with Crippen LogP contribution in [-0.2, 0) is 24.9 Å². The Morgan fingerprint density at radius 3 is 2.67 bits per heavy atom. The lowest BCUT2D eigenvalue weighted by Crippen LogP contribution is -2.32. The lowest BCUT2D eigenvalue weighted by molar-refractivity contribution is 0.239. The third kappa shape index (κ3) is 3.89. The summed E-state index contributed by atoms with van der Waals surface area (Å²) in [5.41, 5.74) is 4.34. The van der Waals surface area contributed by atoms with E-state index in [1.807, 2.05) is 36.5 Å². The highest BCUT2D eigenvalue weighted by molar-refractivity contribution is 6.30. The molecule has 6 heteroatoms. The molecule has 0 atom stereocenters. The van der Waals surface area contributed by atoms with Gasteiger partial charge >= 0.3 is 0 Å². The first-order valence-electron chi connectivity index (χ1n) is 9.27. The Hall–Kier alpha value is -2.24. The largest absolute Gasteiger partial charge is 0.339 e. The zero-order valence-electron chi connectivity index (χ0n) is 16.0. The van der Waals surface area contributed by atoms with Gasteiger partial charge in [0.2, 0.25) is 0 Å². The molecule has 1 aliphatic rings. The van der Waals surface area contributed by atoms with Gasteiger partial charge < -0.3 is 4.98 Å². The number of halogens is 1. The van der Waals surface area contributed by atoms with Crippen LogP contribution in [0.1, 0.15) is 43.5 Å². The summed E-state index contributed by atoms with van der Waals surface area (Å²) in [4.78, 5) is 19.6. The normalized spacial score (nSPS) is 15.0. The van der Waals surface area contributed by atoms with Crippen molar-refractivity contribution >= 4 is 11.6 Å². The van der Waals surface area contributed by atoms with Crippen LogP contribution in [0.15, 0.2) is 36.5 Å². The average molecular weight is 382 g/mol. The van der Waals surface area contributed by atoms with Crippen molar-refractivity contribution in [2.75, 3.05) is 6.54 Å². The van der Waals surface area contributed by atoms with Crippen molar-refractivity contribution in [1.29, 1.82) is 0 Å². The van der Waals surface area contributed by atoms with E-state index < -0.39 is 0 Å². The van der Waals surface area contributed by atoms with Crippen LogP contribution in [0.5, 0.6) is 0 Å². The van der Waals surface area contributed by atoms with E-state index >= 15 is 0 Å². The van der Waals surface area contributed by atoms with Crippen LogP contribution >= 0.6 is 11.6 Å². The molecule has 140 valence electrons. The van der Waals surface area contributed by atoms with E-state index in [-0.39, 0.29) is 5.41 Å². The van der Waals surface area contributed by atoms with Crippen LogP contribution < -0.4 is 0 Å². The smallest absolute Gasteiger partial charge is 0.152 e. The van der Waals surface area contributed by atoms with Crippen molar-refractivity contribution in [3.63, 3.8) is 0 Å². The van der Waals surface area contributed by atoms with E-state index in [1.54, 1.807) is 0 Å². The summed E-state index contributed by atoms with van der Waals surface area (Å²) >= 11 is 6.39. The molecule has 5 nitrogen and oxygen atoms in total. The minimum atomic E-state index is -0.0244. The van der Waals surface area contributed by atoms with E-state index in [1.165, 1.54) is 11.3 Å².